The number of hydrogen-bond acceptors (Lipinski definition) is 1. The highest BCUT2D eigenvalue weighted by molar-refractivity contribution is 9.10. The zero-order valence-electron chi connectivity index (χ0n) is 10.0. The van der Waals surface area contributed by atoms with E-state index in [9.17, 15) is 0 Å². The van der Waals surface area contributed by atoms with Crippen molar-refractivity contribution in [2.75, 3.05) is 6.61 Å². The van der Waals surface area contributed by atoms with E-state index in [0.29, 0.717) is 5.92 Å². The second-order valence-corrected chi connectivity index (χ2v) is 5.85. The Balaban J connectivity index is 2.77. The molecule has 0 aliphatic rings. The number of aryl methyl sites for hydroxylation is 1. The predicted octanol–water partition coefficient (Wildman–Crippen LogP) is 5.08. The number of ether oxygens (including phenoxy) is 1. The summed E-state index contributed by atoms with van der Waals surface area (Å²) in [5.41, 5.74) is 2.39. The lowest BCUT2D eigenvalue weighted by Crippen LogP contribution is -2.04. The van der Waals surface area contributed by atoms with Crippen molar-refractivity contribution in [1.82, 2.24) is 0 Å². The Morgan fingerprint density at radius 3 is 2.56 bits per heavy atom. The van der Waals surface area contributed by atoms with Gasteiger partial charge in [-0.25, -0.2) is 0 Å². The van der Waals surface area contributed by atoms with Crippen LogP contribution in [0.2, 0.25) is 0 Å². The van der Waals surface area contributed by atoms with Gasteiger partial charge in [-0.15, -0.1) is 0 Å². The second-order valence-electron chi connectivity index (χ2n) is 4.38. The van der Waals surface area contributed by atoms with Crippen molar-refractivity contribution in [2.45, 2.75) is 32.5 Å². The Morgan fingerprint density at radius 1 is 1.31 bits per heavy atom. The van der Waals surface area contributed by atoms with Crippen LogP contribution in [0.4, 0.5) is 0 Å². The maximum absolute atomic E-state index is 5.87. The minimum Gasteiger partial charge on any atom is -0.493 e. The average Bonchev–Trinajstić information content (AvgIpc) is 2.20. The highest BCUT2D eigenvalue weighted by atomic mass is 79.9. The molecule has 0 saturated heterocycles. The molecule has 0 unspecified atom stereocenters. The highest BCUT2D eigenvalue weighted by Crippen LogP contribution is 2.29. The first kappa shape index (κ1) is 14.0. The van der Waals surface area contributed by atoms with Gasteiger partial charge in [-0.2, -0.15) is 0 Å². The van der Waals surface area contributed by atoms with E-state index in [2.05, 4.69) is 64.8 Å². The molecule has 3 heteroatoms. The molecule has 16 heavy (non-hydrogen) atoms. The van der Waals surface area contributed by atoms with Crippen LogP contribution in [0, 0.1) is 12.8 Å². The minimum absolute atomic E-state index is 0.683. The van der Waals surface area contributed by atoms with Crippen molar-refractivity contribution < 1.29 is 4.74 Å². The Labute approximate surface area is 115 Å². The fourth-order valence-corrected chi connectivity index (χ4v) is 2.54. The van der Waals surface area contributed by atoms with Crippen molar-refractivity contribution in [2.24, 2.45) is 5.92 Å². The molecular formula is C13H18Br2O. The van der Waals surface area contributed by atoms with Crippen LogP contribution in [0.25, 0.3) is 0 Å². The van der Waals surface area contributed by atoms with E-state index < -0.39 is 0 Å². The number of rotatable bonds is 5. The number of halogens is 2. The van der Waals surface area contributed by atoms with Crippen LogP contribution >= 0.6 is 31.9 Å². The summed E-state index contributed by atoms with van der Waals surface area (Å²) in [7, 11) is 0. The standard InChI is InChI=1S/C13H18Br2O/c1-9(2)4-5-16-13-10(3)6-12(15)7-11(13)8-14/h6-7,9H,4-5,8H2,1-3H3. The first-order chi connectivity index (χ1) is 7.54. The van der Waals surface area contributed by atoms with E-state index in [1.807, 2.05) is 0 Å². The molecule has 0 amide bonds. The van der Waals surface area contributed by atoms with Crippen LogP contribution in [0.15, 0.2) is 16.6 Å². The molecule has 1 nitrogen and oxygen atoms in total. The molecule has 0 fully saturated rings. The molecule has 1 rings (SSSR count). The summed E-state index contributed by atoms with van der Waals surface area (Å²) in [6, 6.07) is 4.20. The van der Waals surface area contributed by atoms with Gasteiger partial charge in [-0.05, 0) is 37.0 Å². The summed E-state index contributed by atoms with van der Waals surface area (Å²) in [5, 5.41) is 0.824. The van der Waals surface area contributed by atoms with Gasteiger partial charge in [0.1, 0.15) is 5.75 Å². The first-order valence-electron chi connectivity index (χ1n) is 5.52. The Kier molecular flexibility index (Phi) is 5.84. The van der Waals surface area contributed by atoms with Crippen LogP contribution in [-0.4, -0.2) is 6.61 Å². The van der Waals surface area contributed by atoms with E-state index in [-0.39, 0.29) is 0 Å². The quantitative estimate of drug-likeness (QED) is 0.673. The van der Waals surface area contributed by atoms with Gasteiger partial charge < -0.3 is 4.74 Å². The molecule has 1 aromatic rings. The Hall–Kier alpha value is -0.0200. The van der Waals surface area contributed by atoms with E-state index in [1.54, 1.807) is 0 Å². The van der Waals surface area contributed by atoms with Crippen LogP contribution < -0.4 is 4.74 Å². The molecule has 0 bridgehead atoms. The third-order valence-electron chi connectivity index (χ3n) is 2.40. The topological polar surface area (TPSA) is 9.23 Å². The summed E-state index contributed by atoms with van der Waals surface area (Å²) in [6.07, 6.45) is 1.09. The molecule has 0 aliphatic carbocycles. The van der Waals surface area contributed by atoms with Gasteiger partial charge >= 0.3 is 0 Å². The van der Waals surface area contributed by atoms with Crippen molar-refractivity contribution >= 4 is 31.9 Å². The van der Waals surface area contributed by atoms with Gasteiger partial charge in [-0.1, -0.05) is 45.7 Å². The van der Waals surface area contributed by atoms with Gasteiger partial charge in [0, 0.05) is 15.4 Å². The molecule has 0 spiro atoms. The number of hydrogen-bond donors (Lipinski definition) is 0. The maximum Gasteiger partial charge on any atom is 0.126 e. The molecule has 0 saturated carbocycles. The lowest BCUT2D eigenvalue weighted by atomic mass is 10.1. The van der Waals surface area contributed by atoms with Crippen LogP contribution in [0.5, 0.6) is 5.75 Å². The monoisotopic (exact) mass is 348 g/mol. The Morgan fingerprint density at radius 2 is 2.00 bits per heavy atom. The maximum atomic E-state index is 5.87. The molecule has 0 radical (unpaired) electrons. The fourth-order valence-electron chi connectivity index (χ4n) is 1.50. The zero-order chi connectivity index (χ0) is 12.1. The van der Waals surface area contributed by atoms with E-state index in [0.717, 1.165) is 28.6 Å². The Bertz CT molecular complexity index is 348. The SMILES string of the molecule is Cc1cc(Br)cc(CBr)c1OCCC(C)C. The number of benzene rings is 1. The third-order valence-corrected chi connectivity index (χ3v) is 3.46. The summed E-state index contributed by atoms with van der Waals surface area (Å²) < 4.78 is 6.98. The molecule has 0 heterocycles. The van der Waals surface area contributed by atoms with E-state index >= 15 is 0 Å². The number of alkyl halides is 1. The molecule has 90 valence electrons. The predicted molar refractivity (Wildman–Crippen MR) is 76.5 cm³/mol. The van der Waals surface area contributed by atoms with Crippen LogP contribution in [0.3, 0.4) is 0 Å². The lowest BCUT2D eigenvalue weighted by molar-refractivity contribution is 0.286. The molecule has 0 N–H and O–H groups in total. The van der Waals surface area contributed by atoms with Crippen molar-refractivity contribution in [3.05, 3.63) is 27.7 Å². The summed E-state index contributed by atoms with van der Waals surface area (Å²) in [6.45, 7) is 7.30. The minimum atomic E-state index is 0.683. The van der Waals surface area contributed by atoms with Gasteiger partial charge in [0.25, 0.3) is 0 Å². The normalized spacial score (nSPS) is 10.9. The van der Waals surface area contributed by atoms with Crippen molar-refractivity contribution in [1.29, 1.82) is 0 Å². The molecule has 0 aromatic heterocycles. The van der Waals surface area contributed by atoms with Crippen LogP contribution in [-0.2, 0) is 5.33 Å². The van der Waals surface area contributed by atoms with Crippen molar-refractivity contribution in [3.63, 3.8) is 0 Å². The second kappa shape index (κ2) is 6.65. The molecule has 0 atom stereocenters. The summed E-state index contributed by atoms with van der Waals surface area (Å²) >= 11 is 7.00. The summed E-state index contributed by atoms with van der Waals surface area (Å²) in [4.78, 5) is 0. The molecule has 1 aromatic carbocycles. The first-order valence-corrected chi connectivity index (χ1v) is 7.43. The largest absolute Gasteiger partial charge is 0.493 e. The molecule has 0 aliphatic heterocycles. The van der Waals surface area contributed by atoms with Gasteiger partial charge in [0.15, 0.2) is 0 Å². The summed E-state index contributed by atoms with van der Waals surface area (Å²) in [5.74, 6) is 1.71. The van der Waals surface area contributed by atoms with E-state index in [4.69, 9.17) is 4.74 Å². The van der Waals surface area contributed by atoms with Gasteiger partial charge in [-0.3, -0.25) is 0 Å². The highest BCUT2D eigenvalue weighted by Gasteiger charge is 2.08. The van der Waals surface area contributed by atoms with Gasteiger partial charge in [0.05, 0.1) is 6.61 Å². The van der Waals surface area contributed by atoms with Crippen molar-refractivity contribution in [3.8, 4) is 5.75 Å². The lowest BCUT2D eigenvalue weighted by Gasteiger charge is -2.14. The molecular weight excluding hydrogens is 332 g/mol. The van der Waals surface area contributed by atoms with Crippen LogP contribution in [0.1, 0.15) is 31.4 Å². The van der Waals surface area contributed by atoms with E-state index in [1.165, 1.54) is 11.1 Å². The van der Waals surface area contributed by atoms with Gasteiger partial charge in [0.2, 0.25) is 0 Å². The smallest absolute Gasteiger partial charge is 0.126 e. The average molecular weight is 350 g/mol. The fraction of sp³-hybridized carbons (Fsp3) is 0.538. The zero-order valence-corrected chi connectivity index (χ0v) is 13.2. The third kappa shape index (κ3) is 4.10.